The molecule has 0 amide bonds. The van der Waals surface area contributed by atoms with Crippen LogP contribution < -0.4 is 16.0 Å². The Kier molecular flexibility index (Phi) is 5.08. The van der Waals surface area contributed by atoms with E-state index in [0.29, 0.717) is 5.11 Å². The summed E-state index contributed by atoms with van der Waals surface area (Å²) in [6.07, 6.45) is 7.36. The van der Waals surface area contributed by atoms with E-state index in [9.17, 15) is 0 Å². The average molecular weight is 431 g/mol. The van der Waals surface area contributed by atoms with Crippen LogP contribution in [-0.2, 0) is 0 Å². The predicted octanol–water partition coefficient (Wildman–Crippen LogP) is 5.29. The molecule has 0 fully saturated rings. The number of nitrogens with one attached hydrogen (secondary N) is 3. The zero-order valence-corrected chi connectivity index (χ0v) is 17.5. The summed E-state index contributed by atoms with van der Waals surface area (Å²) in [5, 5.41) is 15.0. The van der Waals surface area contributed by atoms with Gasteiger partial charge in [-0.1, -0.05) is 30.0 Å². The molecule has 1 atom stereocenters. The highest BCUT2D eigenvalue weighted by Crippen LogP contribution is 2.47. The largest absolute Gasteiger partial charge is 0.368 e. The SMILES string of the molecule is S=C(Nc1ccc(-n2cccn2)cc1)Nc1ccccc1C1Nc2ccncc2S1. The Hall–Kier alpha value is -3.36. The zero-order chi connectivity index (χ0) is 20.3. The molecule has 0 radical (unpaired) electrons. The monoisotopic (exact) mass is 430 g/mol. The van der Waals surface area contributed by atoms with E-state index in [4.69, 9.17) is 12.2 Å². The van der Waals surface area contributed by atoms with E-state index in [1.807, 2.05) is 71.7 Å². The molecule has 1 aliphatic heterocycles. The van der Waals surface area contributed by atoms with Gasteiger partial charge in [-0.2, -0.15) is 5.10 Å². The average Bonchev–Trinajstić information content (AvgIpc) is 3.45. The maximum absolute atomic E-state index is 5.56. The highest BCUT2D eigenvalue weighted by atomic mass is 32.2. The fourth-order valence-corrected chi connectivity index (χ4v) is 4.65. The van der Waals surface area contributed by atoms with E-state index in [2.05, 4.69) is 32.1 Å². The number of thioether (sulfide) groups is 1. The van der Waals surface area contributed by atoms with Crippen molar-refractivity contribution in [2.45, 2.75) is 10.3 Å². The van der Waals surface area contributed by atoms with E-state index >= 15 is 0 Å². The fraction of sp³-hybridized carbons (Fsp3) is 0.0455. The minimum atomic E-state index is 0.101. The number of fused-ring (bicyclic) bond motifs is 1. The second-order valence-corrected chi connectivity index (χ2v) is 8.23. The fourth-order valence-electron chi connectivity index (χ4n) is 3.28. The Bertz CT molecular complexity index is 1150. The molecule has 0 bridgehead atoms. The van der Waals surface area contributed by atoms with Crippen molar-refractivity contribution >= 4 is 46.2 Å². The van der Waals surface area contributed by atoms with E-state index in [0.717, 1.165) is 33.2 Å². The number of nitrogens with zero attached hydrogens (tertiary/aromatic N) is 3. The number of rotatable bonds is 4. The van der Waals surface area contributed by atoms with E-state index in [1.54, 1.807) is 24.2 Å². The molecule has 2 aromatic heterocycles. The molecule has 0 aliphatic carbocycles. The lowest BCUT2D eigenvalue weighted by Crippen LogP contribution is -2.20. The molecule has 1 aliphatic rings. The van der Waals surface area contributed by atoms with Crippen LogP contribution >= 0.6 is 24.0 Å². The summed E-state index contributed by atoms with van der Waals surface area (Å²) in [7, 11) is 0. The number of thiocarbonyl (C=S) groups is 1. The quantitative estimate of drug-likeness (QED) is 0.380. The number of hydrogen-bond donors (Lipinski definition) is 3. The van der Waals surface area contributed by atoms with Gasteiger partial charge in [0.05, 0.1) is 16.3 Å². The van der Waals surface area contributed by atoms with E-state index < -0.39 is 0 Å². The number of benzene rings is 2. The van der Waals surface area contributed by atoms with Crippen molar-refractivity contribution in [1.29, 1.82) is 0 Å². The Morgan fingerprint density at radius 3 is 2.67 bits per heavy atom. The van der Waals surface area contributed by atoms with Crippen molar-refractivity contribution in [2.75, 3.05) is 16.0 Å². The van der Waals surface area contributed by atoms with Crippen LogP contribution in [0.5, 0.6) is 0 Å². The van der Waals surface area contributed by atoms with Crippen molar-refractivity contribution in [2.24, 2.45) is 0 Å². The number of pyridine rings is 1. The van der Waals surface area contributed by atoms with Crippen LogP contribution in [0.3, 0.4) is 0 Å². The molecule has 0 saturated carbocycles. The van der Waals surface area contributed by atoms with Gasteiger partial charge in [0.25, 0.3) is 0 Å². The minimum absolute atomic E-state index is 0.101. The molecule has 2 aromatic carbocycles. The molecular weight excluding hydrogens is 412 g/mol. The number of aromatic nitrogens is 3. The van der Waals surface area contributed by atoms with Crippen molar-refractivity contribution in [3.05, 3.63) is 91.0 Å². The molecular formula is C22H18N6S2. The van der Waals surface area contributed by atoms with Crippen molar-refractivity contribution in [3.63, 3.8) is 0 Å². The maximum atomic E-state index is 5.56. The lowest BCUT2D eigenvalue weighted by molar-refractivity contribution is 0.881. The van der Waals surface area contributed by atoms with Crippen molar-refractivity contribution in [1.82, 2.24) is 14.8 Å². The van der Waals surface area contributed by atoms with Gasteiger partial charge >= 0.3 is 0 Å². The first-order valence-corrected chi connectivity index (χ1v) is 10.7. The highest BCUT2D eigenvalue weighted by molar-refractivity contribution is 8.00. The zero-order valence-electron chi connectivity index (χ0n) is 15.8. The van der Waals surface area contributed by atoms with Crippen molar-refractivity contribution in [3.8, 4) is 5.69 Å². The molecule has 3 heterocycles. The summed E-state index contributed by atoms with van der Waals surface area (Å²) < 4.78 is 1.82. The predicted molar refractivity (Wildman–Crippen MR) is 126 cm³/mol. The molecule has 8 heteroatoms. The summed E-state index contributed by atoms with van der Waals surface area (Å²) in [6, 6.07) is 20.0. The third kappa shape index (κ3) is 3.87. The van der Waals surface area contributed by atoms with Gasteiger partial charge in [0.1, 0.15) is 5.37 Å². The lowest BCUT2D eigenvalue weighted by atomic mass is 10.1. The molecule has 5 rings (SSSR count). The topological polar surface area (TPSA) is 66.8 Å². The van der Waals surface area contributed by atoms with Gasteiger partial charge in [0, 0.05) is 41.7 Å². The Morgan fingerprint density at radius 1 is 1.00 bits per heavy atom. The number of para-hydroxylation sites is 1. The molecule has 0 spiro atoms. The van der Waals surface area contributed by atoms with Gasteiger partial charge in [-0.15, -0.1) is 0 Å². The Balaban J connectivity index is 1.28. The van der Waals surface area contributed by atoms with Gasteiger partial charge in [-0.3, -0.25) is 4.98 Å². The van der Waals surface area contributed by atoms with E-state index in [1.165, 1.54) is 0 Å². The van der Waals surface area contributed by atoms with Crippen LogP contribution in [0, 0.1) is 0 Å². The Labute approximate surface area is 183 Å². The molecule has 0 saturated heterocycles. The van der Waals surface area contributed by atoms with Crippen LogP contribution in [0.25, 0.3) is 5.69 Å². The molecule has 3 N–H and O–H groups in total. The van der Waals surface area contributed by atoms with Gasteiger partial charge in [0.2, 0.25) is 0 Å². The second-order valence-electron chi connectivity index (χ2n) is 6.68. The summed E-state index contributed by atoms with van der Waals surface area (Å²) in [5.41, 5.74) is 5.11. The van der Waals surface area contributed by atoms with Crippen LogP contribution in [0.1, 0.15) is 10.9 Å². The van der Waals surface area contributed by atoms with Gasteiger partial charge in [-0.25, -0.2) is 4.68 Å². The molecule has 1 unspecified atom stereocenters. The summed E-state index contributed by atoms with van der Waals surface area (Å²) in [4.78, 5) is 5.36. The lowest BCUT2D eigenvalue weighted by Gasteiger charge is -2.18. The number of anilines is 3. The van der Waals surface area contributed by atoms with Crippen LogP contribution in [0.2, 0.25) is 0 Å². The standard InChI is InChI=1S/C22H18N6S2/c29-22(25-15-6-8-16(9-7-15)28-13-3-11-24-28)27-18-5-2-1-4-17(18)21-26-19-10-12-23-14-20(19)30-21/h1-14,21,26H,(H2,25,27,29). The van der Waals surface area contributed by atoms with Crippen LogP contribution in [0.4, 0.5) is 17.1 Å². The van der Waals surface area contributed by atoms with Crippen LogP contribution in [-0.4, -0.2) is 19.9 Å². The maximum Gasteiger partial charge on any atom is 0.175 e. The first-order chi connectivity index (χ1) is 14.8. The second kappa shape index (κ2) is 8.17. The third-order valence-electron chi connectivity index (χ3n) is 4.70. The first-order valence-electron chi connectivity index (χ1n) is 9.40. The molecule has 4 aromatic rings. The third-order valence-corrected chi connectivity index (χ3v) is 6.09. The summed E-state index contributed by atoms with van der Waals surface area (Å²) >= 11 is 7.31. The van der Waals surface area contributed by atoms with Crippen molar-refractivity contribution < 1.29 is 0 Å². The first kappa shape index (κ1) is 18.7. The molecule has 148 valence electrons. The van der Waals surface area contributed by atoms with Gasteiger partial charge in [-0.05, 0) is 54.7 Å². The smallest absolute Gasteiger partial charge is 0.175 e. The highest BCUT2D eigenvalue weighted by Gasteiger charge is 2.24. The Morgan fingerprint density at radius 2 is 1.87 bits per heavy atom. The van der Waals surface area contributed by atoms with Crippen LogP contribution in [0.15, 0.2) is 90.3 Å². The molecule has 30 heavy (non-hydrogen) atoms. The summed E-state index contributed by atoms with van der Waals surface area (Å²) in [6.45, 7) is 0. The molecule has 6 nitrogen and oxygen atoms in total. The minimum Gasteiger partial charge on any atom is -0.368 e. The normalized spacial score (nSPS) is 14.6. The van der Waals surface area contributed by atoms with Gasteiger partial charge in [0.15, 0.2) is 5.11 Å². The van der Waals surface area contributed by atoms with E-state index in [-0.39, 0.29) is 5.37 Å². The summed E-state index contributed by atoms with van der Waals surface area (Å²) in [5.74, 6) is 0. The number of hydrogen-bond acceptors (Lipinski definition) is 5. The van der Waals surface area contributed by atoms with Gasteiger partial charge < -0.3 is 16.0 Å².